The molecule has 31 heavy (non-hydrogen) atoms. The number of aromatic nitrogens is 4. The lowest BCUT2D eigenvalue weighted by Gasteiger charge is -2.23. The number of anilines is 2. The molecule has 158 valence electrons. The van der Waals surface area contributed by atoms with Gasteiger partial charge in [-0.2, -0.15) is 0 Å². The monoisotopic (exact) mass is 432 g/mol. The highest BCUT2D eigenvalue weighted by molar-refractivity contribution is 7.15. The van der Waals surface area contributed by atoms with E-state index < -0.39 is 0 Å². The fourth-order valence-corrected chi connectivity index (χ4v) is 4.82. The molecule has 0 bridgehead atoms. The lowest BCUT2D eigenvalue weighted by atomic mass is 10.1. The Bertz CT molecular complexity index is 1260. The number of carbonyl (C=O) groups is 1. The average Bonchev–Trinajstić information content (AvgIpc) is 3.46. The highest BCUT2D eigenvalue weighted by Gasteiger charge is 2.32. The number of likely N-dealkylation sites (tertiary alicyclic amines) is 1. The molecule has 1 N–H and O–H groups in total. The number of hydrogen-bond acceptors (Lipinski definition) is 6. The van der Waals surface area contributed by atoms with Gasteiger partial charge >= 0.3 is 0 Å². The molecular weight excluding hydrogens is 408 g/mol. The Labute approximate surface area is 184 Å². The molecule has 1 fully saturated rings. The van der Waals surface area contributed by atoms with Crippen LogP contribution in [-0.4, -0.2) is 36.7 Å². The Morgan fingerprint density at radius 1 is 1.16 bits per heavy atom. The molecule has 0 saturated carbocycles. The van der Waals surface area contributed by atoms with E-state index in [2.05, 4.69) is 22.2 Å². The fraction of sp³-hybridized carbons (Fsp3) is 0.304. The third kappa shape index (κ3) is 3.79. The maximum Gasteiger partial charge on any atom is 0.274 e. The van der Waals surface area contributed by atoms with E-state index in [4.69, 9.17) is 4.98 Å². The molecule has 1 saturated heterocycles. The van der Waals surface area contributed by atoms with Crippen LogP contribution in [0, 0.1) is 20.8 Å². The number of hydrogen-bond donors (Lipinski definition) is 1. The van der Waals surface area contributed by atoms with Crippen LogP contribution in [0.5, 0.6) is 0 Å². The van der Waals surface area contributed by atoms with Crippen molar-refractivity contribution in [3.63, 3.8) is 0 Å². The first-order valence-electron chi connectivity index (χ1n) is 10.4. The lowest BCUT2D eigenvalue weighted by Crippen LogP contribution is -2.31. The summed E-state index contributed by atoms with van der Waals surface area (Å²) in [4.78, 5) is 30.3. The third-order valence-electron chi connectivity index (χ3n) is 5.72. The smallest absolute Gasteiger partial charge is 0.274 e. The van der Waals surface area contributed by atoms with Crippen LogP contribution in [0.15, 0.2) is 42.7 Å². The maximum absolute atomic E-state index is 13.3. The molecule has 0 aromatic carbocycles. The second kappa shape index (κ2) is 7.77. The summed E-state index contributed by atoms with van der Waals surface area (Å²) in [6.45, 7) is 6.79. The second-order valence-corrected chi connectivity index (χ2v) is 9.19. The van der Waals surface area contributed by atoms with Crippen LogP contribution in [0.4, 0.5) is 10.9 Å². The van der Waals surface area contributed by atoms with Gasteiger partial charge in [-0.1, -0.05) is 6.07 Å². The summed E-state index contributed by atoms with van der Waals surface area (Å²) in [5.41, 5.74) is 4.30. The van der Waals surface area contributed by atoms with Crippen molar-refractivity contribution in [3.8, 4) is 0 Å². The fourth-order valence-electron chi connectivity index (χ4n) is 3.99. The minimum Gasteiger partial charge on any atom is -0.329 e. The molecule has 5 rings (SSSR count). The summed E-state index contributed by atoms with van der Waals surface area (Å²) in [6.07, 6.45) is 5.59. The topological polar surface area (TPSA) is 75.4 Å². The highest BCUT2D eigenvalue weighted by Crippen LogP contribution is 2.33. The Hall–Kier alpha value is -3.26. The minimum absolute atomic E-state index is 0.0461. The number of pyridine rings is 2. The number of thiazole rings is 1. The molecule has 1 aliphatic rings. The summed E-state index contributed by atoms with van der Waals surface area (Å²) in [5, 5.41) is 4.14. The first-order valence-corrected chi connectivity index (χ1v) is 11.2. The Balaban J connectivity index is 1.39. The second-order valence-electron chi connectivity index (χ2n) is 7.99. The molecule has 0 spiro atoms. The SMILES string of the molecule is Cc1ccn2cc(C(=O)N3CCC[C@H]3c3cccc(Nc4nc(C)c(C)s4)n3)nc2c1. The summed E-state index contributed by atoms with van der Waals surface area (Å²) in [6, 6.07) is 9.84. The molecule has 0 aliphatic carbocycles. The van der Waals surface area contributed by atoms with Gasteiger partial charge in [0, 0.05) is 23.8 Å². The third-order valence-corrected chi connectivity index (χ3v) is 6.71. The van der Waals surface area contributed by atoms with Gasteiger partial charge in [0.05, 0.1) is 17.4 Å². The van der Waals surface area contributed by atoms with Crippen molar-refractivity contribution in [2.45, 2.75) is 39.7 Å². The van der Waals surface area contributed by atoms with Crippen molar-refractivity contribution in [2.24, 2.45) is 0 Å². The zero-order chi connectivity index (χ0) is 21.5. The zero-order valence-corrected chi connectivity index (χ0v) is 18.6. The van der Waals surface area contributed by atoms with Crippen LogP contribution >= 0.6 is 11.3 Å². The van der Waals surface area contributed by atoms with Gasteiger partial charge in [0.15, 0.2) is 5.13 Å². The van der Waals surface area contributed by atoms with E-state index in [0.717, 1.165) is 46.4 Å². The van der Waals surface area contributed by atoms with Gasteiger partial charge in [0.2, 0.25) is 0 Å². The van der Waals surface area contributed by atoms with Gasteiger partial charge in [0.25, 0.3) is 5.91 Å². The van der Waals surface area contributed by atoms with Crippen molar-refractivity contribution >= 4 is 33.8 Å². The zero-order valence-electron chi connectivity index (χ0n) is 17.8. The largest absolute Gasteiger partial charge is 0.329 e. The highest BCUT2D eigenvalue weighted by atomic mass is 32.1. The first kappa shape index (κ1) is 19.7. The van der Waals surface area contributed by atoms with Gasteiger partial charge in [-0.25, -0.2) is 15.0 Å². The summed E-state index contributed by atoms with van der Waals surface area (Å²) in [7, 11) is 0. The molecule has 5 heterocycles. The summed E-state index contributed by atoms with van der Waals surface area (Å²) in [5.74, 6) is 0.698. The van der Waals surface area contributed by atoms with E-state index in [1.165, 1.54) is 4.88 Å². The number of rotatable bonds is 4. The van der Waals surface area contributed by atoms with Gasteiger partial charge < -0.3 is 14.6 Å². The summed E-state index contributed by atoms with van der Waals surface area (Å²) < 4.78 is 1.89. The maximum atomic E-state index is 13.3. The minimum atomic E-state index is -0.0550. The van der Waals surface area contributed by atoms with Gasteiger partial charge in [0.1, 0.15) is 17.2 Å². The molecule has 4 aromatic rings. The molecule has 8 heteroatoms. The number of aryl methyl sites for hydroxylation is 3. The van der Waals surface area contributed by atoms with Crippen molar-refractivity contribution < 1.29 is 4.79 Å². The summed E-state index contributed by atoms with van der Waals surface area (Å²) >= 11 is 1.62. The van der Waals surface area contributed by atoms with E-state index >= 15 is 0 Å². The Morgan fingerprint density at radius 3 is 2.84 bits per heavy atom. The Morgan fingerprint density at radius 2 is 2.03 bits per heavy atom. The van der Waals surface area contributed by atoms with E-state index in [0.29, 0.717) is 12.2 Å². The Kier molecular flexibility index (Phi) is 4.94. The number of nitrogens with one attached hydrogen (secondary N) is 1. The molecule has 0 radical (unpaired) electrons. The van der Waals surface area contributed by atoms with Gasteiger partial charge in [-0.15, -0.1) is 11.3 Å². The van der Waals surface area contributed by atoms with Crippen molar-refractivity contribution in [1.29, 1.82) is 0 Å². The van der Waals surface area contributed by atoms with Gasteiger partial charge in [-0.05, 0) is 63.4 Å². The van der Waals surface area contributed by atoms with Crippen LogP contribution in [0.25, 0.3) is 5.65 Å². The van der Waals surface area contributed by atoms with Crippen molar-refractivity contribution in [2.75, 3.05) is 11.9 Å². The van der Waals surface area contributed by atoms with Crippen molar-refractivity contribution in [3.05, 3.63) is 70.2 Å². The number of fused-ring (bicyclic) bond motifs is 1. The number of imidazole rings is 1. The normalized spacial score (nSPS) is 16.2. The molecule has 1 atom stereocenters. The van der Waals surface area contributed by atoms with Crippen molar-refractivity contribution in [1.82, 2.24) is 24.3 Å². The predicted molar refractivity (Wildman–Crippen MR) is 122 cm³/mol. The number of nitrogens with zero attached hydrogens (tertiary/aromatic N) is 5. The van der Waals surface area contributed by atoms with Crippen LogP contribution in [0.2, 0.25) is 0 Å². The molecule has 1 amide bonds. The average molecular weight is 433 g/mol. The molecular formula is C23H24N6OS. The van der Waals surface area contributed by atoms with E-state index in [9.17, 15) is 4.79 Å². The number of amides is 1. The van der Waals surface area contributed by atoms with Crippen LogP contribution < -0.4 is 5.32 Å². The lowest BCUT2D eigenvalue weighted by molar-refractivity contribution is 0.0727. The molecule has 1 aliphatic heterocycles. The van der Waals surface area contributed by atoms with E-state index in [1.807, 2.05) is 65.9 Å². The molecule has 7 nitrogen and oxygen atoms in total. The van der Waals surface area contributed by atoms with E-state index in [-0.39, 0.29) is 11.9 Å². The van der Waals surface area contributed by atoms with E-state index in [1.54, 1.807) is 11.3 Å². The molecule has 4 aromatic heterocycles. The predicted octanol–water partition coefficient (Wildman–Crippen LogP) is 4.83. The first-order chi connectivity index (χ1) is 15.0. The standard InChI is InChI=1S/C23H24N6OS/c1-14-9-11-28-13-18(26-21(28)12-14)22(30)29-10-5-7-19(29)17-6-4-8-20(25-17)27-23-24-15(2)16(3)31-23/h4,6,8-9,11-13,19H,5,7,10H2,1-3H3,(H,24,25,27)/t19-/m0/s1. The quantitative estimate of drug-likeness (QED) is 0.500. The molecule has 0 unspecified atom stereocenters. The van der Waals surface area contributed by atoms with Crippen LogP contribution in [0.1, 0.15) is 51.2 Å². The van der Waals surface area contributed by atoms with Gasteiger partial charge in [-0.3, -0.25) is 4.79 Å². The van der Waals surface area contributed by atoms with Crippen LogP contribution in [0.3, 0.4) is 0 Å². The van der Waals surface area contributed by atoms with Crippen LogP contribution in [-0.2, 0) is 0 Å². The number of carbonyl (C=O) groups excluding carboxylic acids is 1.